The van der Waals surface area contributed by atoms with Crippen LogP contribution in [0.25, 0.3) is 27.8 Å². The lowest BCUT2D eigenvalue weighted by atomic mass is 10.2. The Morgan fingerprint density at radius 3 is 2.86 bits per heavy atom. The lowest BCUT2D eigenvalue weighted by molar-refractivity contribution is 0.415. The maximum Gasteiger partial charge on any atom is 0.139 e. The van der Waals surface area contributed by atoms with Gasteiger partial charge in [0.2, 0.25) is 0 Å². The zero-order chi connectivity index (χ0) is 15.1. The highest BCUT2D eigenvalue weighted by molar-refractivity contribution is 6.35. The van der Waals surface area contributed by atoms with Gasteiger partial charge in [0.05, 0.1) is 28.7 Å². The van der Waals surface area contributed by atoms with Crippen LogP contribution in [0.3, 0.4) is 0 Å². The van der Waals surface area contributed by atoms with Gasteiger partial charge in [0, 0.05) is 11.5 Å². The van der Waals surface area contributed by atoms with Gasteiger partial charge in [-0.1, -0.05) is 23.7 Å². The van der Waals surface area contributed by atoms with Gasteiger partial charge in [0.15, 0.2) is 0 Å². The van der Waals surface area contributed by atoms with Crippen molar-refractivity contribution >= 4 is 33.5 Å². The van der Waals surface area contributed by atoms with Crippen molar-refractivity contribution in [1.29, 1.82) is 0 Å². The number of benzene rings is 2. The molecular weight excluding hydrogens is 298 g/mol. The molecule has 0 aliphatic rings. The lowest BCUT2D eigenvalue weighted by Crippen LogP contribution is -1.96. The smallest absolute Gasteiger partial charge is 0.139 e. The summed E-state index contributed by atoms with van der Waals surface area (Å²) in [6.45, 7) is 0. The molecule has 4 aromatic rings. The molecule has 2 heterocycles. The van der Waals surface area contributed by atoms with Gasteiger partial charge in [-0.25, -0.2) is 9.97 Å². The largest absolute Gasteiger partial charge is 0.497 e. The van der Waals surface area contributed by atoms with E-state index in [4.69, 9.17) is 16.3 Å². The number of aromatic nitrogens is 3. The van der Waals surface area contributed by atoms with Gasteiger partial charge in [-0.15, -0.1) is 0 Å². The highest BCUT2D eigenvalue weighted by Crippen LogP contribution is 2.25. The predicted molar refractivity (Wildman–Crippen MR) is 87.9 cm³/mol. The molecule has 0 aliphatic heterocycles. The van der Waals surface area contributed by atoms with E-state index in [0.29, 0.717) is 5.02 Å². The molecule has 0 N–H and O–H groups in total. The van der Waals surface area contributed by atoms with Gasteiger partial charge in [-0.05, 0) is 30.3 Å². The number of rotatable bonds is 2. The van der Waals surface area contributed by atoms with E-state index in [-0.39, 0.29) is 0 Å². The maximum absolute atomic E-state index is 6.25. The Hall–Kier alpha value is -2.59. The Kier molecular flexibility index (Phi) is 2.98. The first-order valence-corrected chi connectivity index (χ1v) is 7.21. The van der Waals surface area contributed by atoms with Crippen LogP contribution in [-0.2, 0) is 0 Å². The van der Waals surface area contributed by atoms with Crippen LogP contribution in [0.2, 0.25) is 5.02 Å². The van der Waals surface area contributed by atoms with Crippen LogP contribution < -0.4 is 4.74 Å². The molecule has 0 radical (unpaired) electrons. The third-order valence-electron chi connectivity index (χ3n) is 3.66. The SMILES string of the molecule is COc1ccc2ncn(-c3ccc4cccc(Cl)c4n3)c2c1. The van der Waals surface area contributed by atoms with Gasteiger partial charge in [0.25, 0.3) is 0 Å². The second-order valence-electron chi connectivity index (χ2n) is 4.95. The van der Waals surface area contributed by atoms with E-state index in [2.05, 4.69) is 9.97 Å². The molecule has 0 amide bonds. The minimum Gasteiger partial charge on any atom is -0.497 e. The second kappa shape index (κ2) is 5.00. The Bertz CT molecular complexity index is 994. The van der Waals surface area contributed by atoms with Crippen molar-refractivity contribution in [3.63, 3.8) is 0 Å². The molecule has 108 valence electrons. The van der Waals surface area contributed by atoms with Gasteiger partial charge in [0.1, 0.15) is 17.9 Å². The molecule has 0 bridgehead atoms. The molecule has 5 heteroatoms. The molecule has 0 spiro atoms. The molecular formula is C17H12ClN3O. The summed E-state index contributed by atoms with van der Waals surface area (Å²) in [5, 5.41) is 1.65. The van der Waals surface area contributed by atoms with E-state index in [9.17, 15) is 0 Å². The fraction of sp³-hybridized carbons (Fsp3) is 0.0588. The van der Waals surface area contributed by atoms with Gasteiger partial charge in [-0.2, -0.15) is 0 Å². The average Bonchev–Trinajstić information content (AvgIpc) is 2.98. The second-order valence-corrected chi connectivity index (χ2v) is 5.36. The Morgan fingerprint density at radius 2 is 2.00 bits per heavy atom. The van der Waals surface area contributed by atoms with Crippen LogP contribution in [0.15, 0.2) is 54.9 Å². The third kappa shape index (κ3) is 2.00. The molecule has 2 aromatic carbocycles. The zero-order valence-corrected chi connectivity index (χ0v) is 12.6. The standard InChI is InChI=1S/C17H12ClN3O/c1-22-12-6-7-14-15(9-12)21(10-19-14)16-8-5-11-3-2-4-13(18)17(11)20-16/h2-10H,1H3. The quantitative estimate of drug-likeness (QED) is 0.556. The Labute approximate surface area is 131 Å². The molecule has 22 heavy (non-hydrogen) atoms. The van der Waals surface area contributed by atoms with Gasteiger partial charge < -0.3 is 4.74 Å². The highest BCUT2D eigenvalue weighted by Gasteiger charge is 2.09. The molecule has 4 rings (SSSR count). The van der Waals surface area contributed by atoms with E-state index in [0.717, 1.165) is 33.5 Å². The average molecular weight is 310 g/mol. The Morgan fingerprint density at radius 1 is 1.09 bits per heavy atom. The normalized spacial score (nSPS) is 11.2. The van der Waals surface area contributed by atoms with Crippen LogP contribution in [0.4, 0.5) is 0 Å². The number of ether oxygens (including phenoxy) is 1. The molecule has 2 aromatic heterocycles. The number of para-hydroxylation sites is 1. The first-order chi connectivity index (χ1) is 10.8. The fourth-order valence-electron chi connectivity index (χ4n) is 2.53. The number of halogens is 1. The first kappa shape index (κ1) is 13.1. The van der Waals surface area contributed by atoms with Crippen LogP contribution in [0.5, 0.6) is 5.75 Å². The number of fused-ring (bicyclic) bond motifs is 2. The fourth-order valence-corrected chi connectivity index (χ4v) is 2.76. The number of pyridine rings is 1. The van der Waals surface area contributed by atoms with Crippen LogP contribution >= 0.6 is 11.6 Å². The monoisotopic (exact) mass is 309 g/mol. The summed E-state index contributed by atoms with van der Waals surface area (Å²) in [4.78, 5) is 9.08. The van der Waals surface area contributed by atoms with E-state index in [1.54, 1.807) is 13.4 Å². The first-order valence-electron chi connectivity index (χ1n) is 6.83. The number of imidazole rings is 1. The van der Waals surface area contributed by atoms with E-state index in [1.165, 1.54) is 0 Å². The van der Waals surface area contributed by atoms with Crippen LogP contribution in [0, 0.1) is 0 Å². The molecule has 0 saturated heterocycles. The topological polar surface area (TPSA) is 39.9 Å². The molecule has 0 atom stereocenters. The summed E-state index contributed by atoms with van der Waals surface area (Å²) >= 11 is 6.25. The minimum atomic E-state index is 0.640. The van der Waals surface area contributed by atoms with Crippen molar-refractivity contribution in [1.82, 2.24) is 14.5 Å². The summed E-state index contributed by atoms with van der Waals surface area (Å²) in [6, 6.07) is 15.5. The van der Waals surface area contributed by atoms with Crippen molar-refractivity contribution in [2.24, 2.45) is 0 Å². The molecule has 0 fully saturated rings. The molecule has 0 aliphatic carbocycles. The summed E-state index contributed by atoms with van der Waals surface area (Å²) in [7, 11) is 1.65. The van der Waals surface area contributed by atoms with Gasteiger partial charge in [-0.3, -0.25) is 4.57 Å². The number of hydrogen-bond acceptors (Lipinski definition) is 3. The number of methoxy groups -OCH3 is 1. The van der Waals surface area contributed by atoms with Crippen molar-refractivity contribution in [2.45, 2.75) is 0 Å². The van der Waals surface area contributed by atoms with Crippen LogP contribution in [-0.4, -0.2) is 21.6 Å². The van der Waals surface area contributed by atoms with E-state index < -0.39 is 0 Å². The molecule has 0 unspecified atom stereocenters. The van der Waals surface area contributed by atoms with Crippen LogP contribution in [0.1, 0.15) is 0 Å². The lowest BCUT2D eigenvalue weighted by Gasteiger charge is -2.07. The summed E-state index contributed by atoms with van der Waals surface area (Å²) in [5.74, 6) is 1.56. The van der Waals surface area contributed by atoms with Gasteiger partial charge >= 0.3 is 0 Å². The van der Waals surface area contributed by atoms with Crippen molar-refractivity contribution in [3.8, 4) is 11.6 Å². The summed E-state index contributed by atoms with van der Waals surface area (Å²) in [5.41, 5.74) is 2.62. The van der Waals surface area contributed by atoms with Crippen molar-refractivity contribution < 1.29 is 4.74 Å². The highest BCUT2D eigenvalue weighted by atomic mass is 35.5. The van der Waals surface area contributed by atoms with E-state index >= 15 is 0 Å². The van der Waals surface area contributed by atoms with Crippen molar-refractivity contribution in [2.75, 3.05) is 7.11 Å². The predicted octanol–water partition coefficient (Wildman–Crippen LogP) is 4.24. The molecule has 0 saturated carbocycles. The summed E-state index contributed by atoms with van der Waals surface area (Å²) in [6.07, 6.45) is 1.76. The van der Waals surface area contributed by atoms with E-state index in [1.807, 2.05) is 53.1 Å². The number of hydrogen-bond donors (Lipinski definition) is 0. The summed E-state index contributed by atoms with van der Waals surface area (Å²) < 4.78 is 7.22. The number of nitrogens with zero attached hydrogens (tertiary/aromatic N) is 3. The molecule has 4 nitrogen and oxygen atoms in total. The van der Waals surface area contributed by atoms with Crippen molar-refractivity contribution in [3.05, 3.63) is 59.9 Å². The minimum absolute atomic E-state index is 0.640. The maximum atomic E-state index is 6.25. The third-order valence-corrected chi connectivity index (χ3v) is 3.96. The zero-order valence-electron chi connectivity index (χ0n) is 11.8. The Balaban J connectivity index is 1.96.